The van der Waals surface area contributed by atoms with Crippen LogP contribution in [0.15, 0.2) is 38.1 Å². The molecule has 0 aliphatic carbocycles. The van der Waals surface area contributed by atoms with E-state index in [1.807, 2.05) is 6.07 Å². The summed E-state index contributed by atoms with van der Waals surface area (Å²) in [5.41, 5.74) is 1.48. The summed E-state index contributed by atoms with van der Waals surface area (Å²) in [6.07, 6.45) is 1.60. The summed E-state index contributed by atoms with van der Waals surface area (Å²) < 4.78 is 12.1. The van der Waals surface area contributed by atoms with E-state index >= 15 is 0 Å². The van der Waals surface area contributed by atoms with E-state index in [9.17, 15) is 4.79 Å². The minimum atomic E-state index is -0.958. The Morgan fingerprint density at radius 3 is 2.83 bits per heavy atom. The van der Waals surface area contributed by atoms with Crippen molar-refractivity contribution in [3.8, 4) is 0 Å². The first-order valence-electron chi connectivity index (χ1n) is 7.55. The first-order chi connectivity index (χ1) is 11.6. The number of ether oxygens (including phenoxy) is 1. The molecular weight excluding hydrogens is 376 g/mol. The number of nitrogens with zero attached hydrogens (tertiary/aromatic N) is 2. The lowest BCUT2D eigenvalue weighted by molar-refractivity contribution is 0.0696. The molecule has 1 saturated heterocycles. The van der Waals surface area contributed by atoms with Crippen LogP contribution < -0.4 is 4.90 Å². The van der Waals surface area contributed by atoms with Gasteiger partial charge in [0.2, 0.25) is 5.88 Å². The van der Waals surface area contributed by atoms with Crippen molar-refractivity contribution in [2.24, 2.45) is 4.99 Å². The highest BCUT2D eigenvalue weighted by Crippen LogP contribution is 2.30. The second-order valence-corrected chi connectivity index (χ2v) is 6.27. The van der Waals surface area contributed by atoms with Crippen LogP contribution in [0.4, 0.5) is 11.6 Å². The Morgan fingerprint density at radius 2 is 2.12 bits per heavy atom. The van der Waals surface area contributed by atoms with Crippen molar-refractivity contribution in [1.29, 1.82) is 0 Å². The average molecular weight is 393 g/mol. The van der Waals surface area contributed by atoms with Crippen LogP contribution in [-0.4, -0.2) is 43.6 Å². The van der Waals surface area contributed by atoms with E-state index in [0.717, 1.165) is 23.4 Å². The summed E-state index contributed by atoms with van der Waals surface area (Å²) >= 11 is 3.51. The molecule has 126 valence electrons. The van der Waals surface area contributed by atoms with Crippen LogP contribution in [0.2, 0.25) is 0 Å². The molecule has 0 atom stereocenters. The summed E-state index contributed by atoms with van der Waals surface area (Å²) in [5, 5.41) is 9.17. The molecule has 3 rings (SSSR count). The van der Waals surface area contributed by atoms with Crippen LogP contribution in [0.5, 0.6) is 0 Å². The van der Waals surface area contributed by atoms with Crippen LogP contribution in [0, 0.1) is 6.92 Å². The van der Waals surface area contributed by atoms with Gasteiger partial charge in [-0.3, -0.25) is 4.99 Å². The lowest BCUT2D eigenvalue weighted by Gasteiger charge is -2.26. The van der Waals surface area contributed by atoms with Crippen LogP contribution in [-0.2, 0) is 4.74 Å². The van der Waals surface area contributed by atoms with E-state index in [2.05, 4.69) is 25.8 Å². The lowest BCUT2D eigenvalue weighted by atomic mass is 10.1. The summed E-state index contributed by atoms with van der Waals surface area (Å²) in [6, 6.07) is 6.88. The summed E-state index contributed by atoms with van der Waals surface area (Å²) in [5.74, 6) is 0.402. The number of morpholine rings is 1. The maximum Gasteiger partial charge on any atom is 0.336 e. The van der Waals surface area contributed by atoms with E-state index in [1.165, 1.54) is 0 Å². The van der Waals surface area contributed by atoms with Crippen LogP contribution in [0.25, 0.3) is 0 Å². The number of anilines is 1. The fourth-order valence-corrected chi connectivity index (χ4v) is 3.11. The maximum absolute atomic E-state index is 11.2. The summed E-state index contributed by atoms with van der Waals surface area (Å²) in [7, 11) is 0. The number of furan rings is 1. The number of hydrogen-bond donors (Lipinski definition) is 1. The Morgan fingerprint density at radius 1 is 1.38 bits per heavy atom. The summed E-state index contributed by atoms with van der Waals surface area (Å²) in [6.45, 7) is 4.66. The molecule has 6 nitrogen and oxygen atoms in total. The van der Waals surface area contributed by atoms with Gasteiger partial charge in [-0.1, -0.05) is 6.07 Å². The third kappa shape index (κ3) is 3.52. The van der Waals surface area contributed by atoms with Gasteiger partial charge in [0.1, 0.15) is 5.76 Å². The zero-order chi connectivity index (χ0) is 17.1. The molecule has 0 unspecified atom stereocenters. The largest absolute Gasteiger partial charge is 0.478 e. The first kappa shape index (κ1) is 16.7. The van der Waals surface area contributed by atoms with Crippen molar-refractivity contribution >= 4 is 39.7 Å². The number of benzene rings is 1. The number of rotatable bonds is 4. The maximum atomic E-state index is 11.2. The monoisotopic (exact) mass is 392 g/mol. The van der Waals surface area contributed by atoms with Gasteiger partial charge in [-0.05, 0) is 40.5 Å². The quantitative estimate of drug-likeness (QED) is 0.803. The van der Waals surface area contributed by atoms with Gasteiger partial charge in [0, 0.05) is 19.2 Å². The van der Waals surface area contributed by atoms with Crippen molar-refractivity contribution in [2.45, 2.75) is 6.92 Å². The Hall–Kier alpha value is -2.12. The van der Waals surface area contributed by atoms with Gasteiger partial charge in [-0.15, -0.1) is 0 Å². The topological polar surface area (TPSA) is 75.3 Å². The number of carboxylic acid groups (broad SMARTS) is 1. The number of hydrogen-bond acceptors (Lipinski definition) is 5. The van der Waals surface area contributed by atoms with Crippen LogP contribution in [0.3, 0.4) is 0 Å². The number of aromatic carboxylic acids is 1. The standard InChI is InChI=1S/C17H17BrN2O4/c1-11-13(17(21)22)3-2-4-15(11)19-10-12-9-14(18)16(24-12)20-5-7-23-8-6-20/h2-4,9-10H,5-8H2,1H3,(H,21,22). The number of halogens is 1. The molecule has 1 aromatic carbocycles. The fraction of sp³-hybridized carbons (Fsp3) is 0.294. The molecule has 2 heterocycles. The third-order valence-electron chi connectivity index (χ3n) is 3.85. The van der Waals surface area contributed by atoms with Crippen molar-refractivity contribution in [3.05, 3.63) is 45.6 Å². The van der Waals surface area contributed by atoms with Crippen LogP contribution >= 0.6 is 15.9 Å². The molecule has 7 heteroatoms. The van der Waals surface area contributed by atoms with E-state index < -0.39 is 5.97 Å². The normalized spacial score (nSPS) is 15.2. The first-order valence-corrected chi connectivity index (χ1v) is 8.34. The van der Waals surface area contributed by atoms with Gasteiger partial charge in [-0.25, -0.2) is 4.79 Å². The van der Waals surface area contributed by atoms with E-state index in [0.29, 0.717) is 30.2 Å². The zero-order valence-corrected chi connectivity index (χ0v) is 14.7. The van der Waals surface area contributed by atoms with Gasteiger partial charge in [0.25, 0.3) is 0 Å². The molecule has 1 fully saturated rings. The third-order valence-corrected chi connectivity index (χ3v) is 4.42. The van der Waals surface area contributed by atoms with Gasteiger partial charge in [-0.2, -0.15) is 0 Å². The Kier molecular flexibility index (Phi) is 5.01. The molecule has 0 amide bonds. The Labute approximate surface area is 147 Å². The molecular formula is C17H17BrN2O4. The minimum absolute atomic E-state index is 0.249. The van der Waals surface area contributed by atoms with E-state index in [-0.39, 0.29) is 5.56 Å². The molecule has 1 N–H and O–H groups in total. The molecule has 2 aromatic rings. The van der Waals surface area contributed by atoms with Crippen molar-refractivity contribution in [1.82, 2.24) is 0 Å². The predicted octanol–water partition coefficient (Wildman–Crippen LogP) is 3.64. The molecule has 24 heavy (non-hydrogen) atoms. The zero-order valence-electron chi connectivity index (χ0n) is 13.2. The highest BCUT2D eigenvalue weighted by atomic mass is 79.9. The second-order valence-electron chi connectivity index (χ2n) is 5.41. The average Bonchev–Trinajstić information content (AvgIpc) is 2.95. The van der Waals surface area contributed by atoms with Gasteiger partial charge in [0.05, 0.1) is 35.2 Å². The van der Waals surface area contributed by atoms with Crippen molar-refractivity contribution in [3.63, 3.8) is 0 Å². The lowest BCUT2D eigenvalue weighted by Crippen LogP contribution is -2.36. The molecule has 1 aliphatic rings. The molecule has 0 radical (unpaired) electrons. The number of aliphatic imine (C=N–C) groups is 1. The minimum Gasteiger partial charge on any atom is -0.478 e. The SMILES string of the molecule is Cc1c(N=Cc2cc(Br)c(N3CCOCC3)o2)cccc1C(=O)O. The van der Waals surface area contributed by atoms with Gasteiger partial charge >= 0.3 is 5.97 Å². The Bertz CT molecular complexity index is 779. The molecule has 0 spiro atoms. The molecule has 1 aromatic heterocycles. The second kappa shape index (κ2) is 7.19. The molecule has 0 bridgehead atoms. The summed E-state index contributed by atoms with van der Waals surface area (Å²) in [4.78, 5) is 17.7. The number of carboxylic acids is 1. The van der Waals surface area contributed by atoms with Gasteiger partial charge < -0.3 is 19.2 Å². The van der Waals surface area contributed by atoms with Crippen molar-refractivity contribution in [2.75, 3.05) is 31.2 Å². The Balaban J connectivity index is 1.83. The highest BCUT2D eigenvalue weighted by Gasteiger charge is 2.18. The highest BCUT2D eigenvalue weighted by molar-refractivity contribution is 9.10. The van der Waals surface area contributed by atoms with E-state index in [4.69, 9.17) is 14.3 Å². The van der Waals surface area contributed by atoms with E-state index in [1.54, 1.807) is 31.3 Å². The fourth-order valence-electron chi connectivity index (χ4n) is 2.55. The van der Waals surface area contributed by atoms with Crippen LogP contribution in [0.1, 0.15) is 21.7 Å². The number of carbonyl (C=O) groups is 1. The molecule has 1 aliphatic heterocycles. The smallest absolute Gasteiger partial charge is 0.336 e. The predicted molar refractivity (Wildman–Crippen MR) is 94.8 cm³/mol. The molecule has 0 saturated carbocycles. The van der Waals surface area contributed by atoms with Gasteiger partial charge in [0.15, 0.2) is 0 Å². The van der Waals surface area contributed by atoms with Crippen molar-refractivity contribution < 1.29 is 19.1 Å².